The monoisotopic (exact) mass is 624 g/mol. The van der Waals surface area contributed by atoms with Crippen LogP contribution >= 0.6 is 0 Å². The van der Waals surface area contributed by atoms with Crippen molar-refractivity contribution >= 4 is 27.6 Å². The van der Waals surface area contributed by atoms with Gasteiger partial charge < -0.3 is 15.0 Å². The number of carbonyl (C=O) groups is 3. The number of hydrogen-bond donors (Lipinski definition) is 1. The van der Waals surface area contributed by atoms with Gasteiger partial charge >= 0.3 is 0 Å². The van der Waals surface area contributed by atoms with E-state index in [1.807, 2.05) is 54.6 Å². The maximum Gasteiger partial charge on any atom is 0.252 e. The highest BCUT2D eigenvalue weighted by atomic mass is 32.2. The van der Waals surface area contributed by atoms with Gasteiger partial charge in [-0.1, -0.05) is 60.7 Å². The molecular formula is C34H32N4O6S. The van der Waals surface area contributed by atoms with Crippen molar-refractivity contribution in [2.45, 2.75) is 35.9 Å². The van der Waals surface area contributed by atoms with Gasteiger partial charge in [-0.05, 0) is 53.4 Å². The summed E-state index contributed by atoms with van der Waals surface area (Å²) in [5.41, 5.74) is 2.76. The van der Waals surface area contributed by atoms with E-state index in [1.165, 1.54) is 33.7 Å². The number of Topliss-reactive ketones (excluding diaryl/α,β-unsaturated/α-hetero) is 1. The van der Waals surface area contributed by atoms with Crippen LogP contribution in [0.3, 0.4) is 0 Å². The number of ether oxygens (including phenoxy) is 1. The van der Waals surface area contributed by atoms with Crippen LogP contribution in [0.2, 0.25) is 0 Å². The fourth-order valence-electron chi connectivity index (χ4n) is 6.16. The van der Waals surface area contributed by atoms with Gasteiger partial charge in [-0.3, -0.25) is 19.4 Å². The fraction of sp³-hybridized carbons (Fsp3) is 0.235. The van der Waals surface area contributed by atoms with Crippen molar-refractivity contribution in [3.8, 4) is 16.9 Å². The van der Waals surface area contributed by atoms with Gasteiger partial charge in [-0.2, -0.15) is 4.31 Å². The Morgan fingerprint density at radius 3 is 2.42 bits per heavy atom. The second-order valence-electron chi connectivity index (χ2n) is 11.0. The highest BCUT2D eigenvalue weighted by Crippen LogP contribution is 2.34. The van der Waals surface area contributed by atoms with Gasteiger partial charge in [-0.25, -0.2) is 8.42 Å². The topological polar surface area (TPSA) is 126 Å². The Balaban J connectivity index is 1.29. The molecule has 2 fully saturated rings. The van der Waals surface area contributed by atoms with Crippen LogP contribution in [0.4, 0.5) is 0 Å². The minimum atomic E-state index is -4.01. The van der Waals surface area contributed by atoms with Crippen LogP contribution in [0.5, 0.6) is 5.75 Å². The highest BCUT2D eigenvalue weighted by Gasteiger charge is 2.54. The molecule has 11 heteroatoms. The first kappa shape index (κ1) is 30.2. The molecule has 3 aromatic carbocycles. The van der Waals surface area contributed by atoms with Gasteiger partial charge in [0.1, 0.15) is 22.7 Å². The number of fused-ring (bicyclic) bond motifs is 1. The standard InChI is InChI=1S/C34H32N4O6S/c1-44-25-15-13-23(14-16-25)20-29(36-33(40)28-12-6-5-11-27(28)24-8-3-2-4-9-24)34(41)37-19-17-30-32(37)31(39)22-38(30)45(42,43)26-10-7-18-35-21-26/h2-16,18,21,29-30,32H,17,19-20,22H2,1H3,(H,36,40). The number of pyridine rings is 1. The van der Waals surface area contributed by atoms with Crippen LogP contribution < -0.4 is 10.1 Å². The first-order valence-electron chi connectivity index (χ1n) is 14.6. The lowest BCUT2D eigenvalue weighted by molar-refractivity contribution is -0.138. The maximum atomic E-state index is 14.3. The Kier molecular flexibility index (Phi) is 8.46. The summed E-state index contributed by atoms with van der Waals surface area (Å²) in [6.07, 6.45) is 3.17. The molecule has 2 aliphatic heterocycles. The van der Waals surface area contributed by atoms with Crippen LogP contribution in [0.1, 0.15) is 22.3 Å². The molecule has 0 radical (unpaired) electrons. The van der Waals surface area contributed by atoms with Crippen molar-refractivity contribution in [1.82, 2.24) is 19.5 Å². The molecule has 4 aromatic rings. The predicted molar refractivity (Wildman–Crippen MR) is 167 cm³/mol. The average molecular weight is 625 g/mol. The summed E-state index contributed by atoms with van der Waals surface area (Å²) in [5.74, 6) is -0.591. The molecule has 1 aromatic heterocycles. The zero-order valence-electron chi connectivity index (χ0n) is 24.6. The van der Waals surface area contributed by atoms with E-state index in [0.29, 0.717) is 17.7 Å². The molecule has 0 bridgehead atoms. The number of carbonyl (C=O) groups excluding carboxylic acids is 3. The van der Waals surface area contributed by atoms with Gasteiger partial charge in [0.05, 0.1) is 19.7 Å². The number of benzene rings is 3. The fourth-order valence-corrected chi connectivity index (χ4v) is 7.75. The smallest absolute Gasteiger partial charge is 0.252 e. The molecule has 3 unspecified atom stereocenters. The molecule has 3 atom stereocenters. The third-order valence-electron chi connectivity index (χ3n) is 8.36. The SMILES string of the molecule is COc1ccc(CC(NC(=O)c2ccccc2-c2ccccc2)C(=O)N2CCC3C2C(=O)CN3S(=O)(=O)c2cccnc2)cc1. The largest absolute Gasteiger partial charge is 0.497 e. The summed E-state index contributed by atoms with van der Waals surface area (Å²) in [5, 5.41) is 2.95. The molecule has 2 saturated heterocycles. The van der Waals surface area contributed by atoms with E-state index in [4.69, 9.17) is 4.74 Å². The minimum absolute atomic E-state index is 0.00930. The van der Waals surface area contributed by atoms with E-state index in [2.05, 4.69) is 10.3 Å². The summed E-state index contributed by atoms with van der Waals surface area (Å²) in [7, 11) is -2.44. The number of ketones is 1. The van der Waals surface area contributed by atoms with Gasteiger partial charge in [0.15, 0.2) is 5.78 Å². The summed E-state index contributed by atoms with van der Waals surface area (Å²) < 4.78 is 33.3. The first-order valence-corrected chi connectivity index (χ1v) is 16.1. The van der Waals surface area contributed by atoms with Crippen molar-refractivity contribution in [3.63, 3.8) is 0 Å². The third kappa shape index (κ3) is 5.96. The summed E-state index contributed by atoms with van der Waals surface area (Å²) in [6.45, 7) is -0.162. The van der Waals surface area contributed by atoms with Crippen LogP contribution in [0, 0.1) is 0 Å². The Bertz CT molecular complexity index is 1820. The highest BCUT2D eigenvalue weighted by molar-refractivity contribution is 7.89. The van der Waals surface area contributed by atoms with E-state index in [9.17, 15) is 22.8 Å². The van der Waals surface area contributed by atoms with Gasteiger partial charge in [0.2, 0.25) is 15.9 Å². The van der Waals surface area contributed by atoms with Crippen LogP contribution in [-0.2, 0) is 26.0 Å². The Morgan fingerprint density at radius 2 is 1.71 bits per heavy atom. The number of aromatic nitrogens is 1. The lowest BCUT2D eigenvalue weighted by Gasteiger charge is -2.28. The molecule has 45 heavy (non-hydrogen) atoms. The molecule has 6 rings (SSSR count). The van der Waals surface area contributed by atoms with E-state index >= 15 is 0 Å². The van der Waals surface area contributed by atoms with Crippen molar-refractivity contribution in [3.05, 3.63) is 115 Å². The molecule has 0 aliphatic carbocycles. The summed E-state index contributed by atoms with van der Waals surface area (Å²) >= 11 is 0. The molecule has 3 heterocycles. The predicted octanol–water partition coefficient (Wildman–Crippen LogP) is 3.34. The van der Waals surface area contributed by atoms with E-state index in [0.717, 1.165) is 16.7 Å². The minimum Gasteiger partial charge on any atom is -0.497 e. The average Bonchev–Trinajstić information content (AvgIpc) is 3.66. The Labute approximate surface area is 261 Å². The first-order chi connectivity index (χ1) is 21.8. The number of methoxy groups -OCH3 is 1. The van der Waals surface area contributed by atoms with E-state index < -0.39 is 40.0 Å². The number of amides is 2. The van der Waals surface area contributed by atoms with Crippen LogP contribution in [-0.4, -0.2) is 78.5 Å². The number of hydrogen-bond acceptors (Lipinski definition) is 7. The Morgan fingerprint density at radius 1 is 0.978 bits per heavy atom. The molecule has 1 N–H and O–H groups in total. The number of sulfonamides is 1. The van der Waals surface area contributed by atoms with Crippen molar-refractivity contribution in [2.24, 2.45) is 0 Å². The molecule has 2 amide bonds. The Hall–Kier alpha value is -4.87. The number of rotatable bonds is 9. The molecule has 0 saturated carbocycles. The quantitative estimate of drug-likeness (QED) is 0.303. The van der Waals surface area contributed by atoms with Gasteiger partial charge in [0.25, 0.3) is 5.91 Å². The molecule has 2 aliphatic rings. The zero-order chi connectivity index (χ0) is 31.6. The van der Waals surface area contributed by atoms with Crippen molar-refractivity contribution in [2.75, 3.05) is 20.2 Å². The van der Waals surface area contributed by atoms with Gasteiger partial charge in [-0.15, -0.1) is 0 Å². The summed E-state index contributed by atoms with van der Waals surface area (Å²) in [6, 6.07) is 24.1. The van der Waals surface area contributed by atoms with Crippen molar-refractivity contribution in [1.29, 1.82) is 0 Å². The molecule has 230 valence electrons. The van der Waals surface area contributed by atoms with Crippen LogP contribution in [0.15, 0.2) is 108 Å². The van der Waals surface area contributed by atoms with Gasteiger partial charge in [0, 0.05) is 30.9 Å². The van der Waals surface area contributed by atoms with E-state index in [-0.39, 0.29) is 30.2 Å². The maximum absolute atomic E-state index is 14.3. The van der Waals surface area contributed by atoms with Crippen molar-refractivity contribution < 1.29 is 27.5 Å². The second-order valence-corrected chi connectivity index (χ2v) is 12.9. The van der Waals surface area contributed by atoms with E-state index in [1.54, 1.807) is 31.4 Å². The third-order valence-corrected chi connectivity index (χ3v) is 10.2. The second kappa shape index (κ2) is 12.6. The lowest BCUT2D eigenvalue weighted by atomic mass is 9.98. The number of nitrogens with one attached hydrogen (secondary N) is 1. The number of likely N-dealkylation sites (tertiary alicyclic amines) is 1. The number of nitrogens with zero attached hydrogens (tertiary/aromatic N) is 3. The zero-order valence-corrected chi connectivity index (χ0v) is 25.4. The molecule has 0 spiro atoms. The lowest BCUT2D eigenvalue weighted by Crippen LogP contribution is -2.53. The summed E-state index contributed by atoms with van der Waals surface area (Å²) in [4.78, 5) is 46.8. The van der Waals surface area contributed by atoms with Crippen LogP contribution in [0.25, 0.3) is 11.1 Å². The molecular weight excluding hydrogens is 592 g/mol. The molecule has 10 nitrogen and oxygen atoms in total. The normalized spacial score (nSPS) is 18.8.